The molecule has 0 amide bonds. The molecule has 0 aliphatic rings. The van der Waals surface area contributed by atoms with Crippen LogP contribution in [0.4, 0.5) is 0 Å². The Hall–Kier alpha value is -3.00. The highest BCUT2D eigenvalue weighted by Crippen LogP contribution is 2.29. The molecular formula is C16H13NO4. The van der Waals surface area contributed by atoms with Crippen molar-refractivity contribution in [2.45, 2.75) is 6.61 Å². The minimum absolute atomic E-state index is 0.122. The first-order valence-electron chi connectivity index (χ1n) is 6.18. The fourth-order valence-corrected chi connectivity index (χ4v) is 1.83. The Morgan fingerprint density at radius 3 is 2.67 bits per heavy atom. The smallest absolute Gasteiger partial charge is 0.335 e. The summed E-state index contributed by atoms with van der Waals surface area (Å²) in [4.78, 5) is 10.9. The van der Waals surface area contributed by atoms with Gasteiger partial charge in [-0.25, -0.2) is 4.79 Å². The van der Waals surface area contributed by atoms with Gasteiger partial charge in [-0.1, -0.05) is 18.2 Å². The summed E-state index contributed by atoms with van der Waals surface area (Å²) in [7, 11) is 1.44. The maximum Gasteiger partial charge on any atom is 0.335 e. The fraction of sp³-hybridized carbons (Fsp3) is 0.125. The standard InChI is InChI=1S/C16H13NO4/c1-20-15-8-11(16(18)19)6-7-14(15)21-10-13-5-3-2-4-12(13)9-17/h2-8H,10H2,1H3,(H,18,19). The zero-order valence-corrected chi connectivity index (χ0v) is 11.4. The van der Waals surface area contributed by atoms with Gasteiger partial charge in [-0.2, -0.15) is 5.26 Å². The number of carboxylic acid groups (broad SMARTS) is 1. The first-order valence-corrected chi connectivity index (χ1v) is 6.18. The van der Waals surface area contributed by atoms with E-state index in [1.54, 1.807) is 18.2 Å². The Bertz CT molecular complexity index is 704. The Morgan fingerprint density at radius 2 is 2.00 bits per heavy atom. The zero-order valence-electron chi connectivity index (χ0n) is 11.4. The summed E-state index contributed by atoms with van der Waals surface area (Å²) >= 11 is 0. The minimum Gasteiger partial charge on any atom is -0.493 e. The summed E-state index contributed by atoms with van der Waals surface area (Å²) in [6.07, 6.45) is 0. The highest BCUT2D eigenvalue weighted by atomic mass is 16.5. The molecular weight excluding hydrogens is 270 g/mol. The van der Waals surface area contributed by atoms with Crippen LogP contribution in [0.2, 0.25) is 0 Å². The third-order valence-corrected chi connectivity index (χ3v) is 2.93. The topological polar surface area (TPSA) is 79.6 Å². The highest BCUT2D eigenvalue weighted by molar-refractivity contribution is 5.88. The Balaban J connectivity index is 2.20. The maximum atomic E-state index is 10.9. The molecule has 0 heterocycles. The van der Waals surface area contributed by atoms with E-state index in [4.69, 9.17) is 19.8 Å². The largest absolute Gasteiger partial charge is 0.493 e. The third-order valence-electron chi connectivity index (χ3n) is 2.93. The van der Waals surface area contributed by atoms with Gasteiger partial charge in [-0.3, -0.25) is 0 Å². The maximum absolute atomic E-state index is 10.9. The number of carbonyl (C=O) groups is 1. The lowest BCUT2D eigenvalue weighted by Gasteiger charge is -2.12. The van der Waals surface area contributed by atoms with Crippen LogP contribution in [0.3, 0.4) is 0 Å². The highest BCUT2D eigenvalue weighted by Gasteiger charge is 2.10. The molecule has 0 radical (unpaired) electrons. The SMILES string of the molecule is COc1cc(C(=O)O)ccc1OCc1ccccc1C#N. The van der Waals surface area contributed by atoms with Crippen LogP contribution in [0.25, 0.3) is 0 Å². The fourth-order valence-electron chi connectivity index (χ4n) is 1.83. The van der Waals surface area contributed by atoms with E-state index in [0.717, 1.165) is 5.56 Å². The van der Waals surface area contributed by atoms with E-state index in [1.807, 2.05) is 6.07 Å². The first kappa shape index (κ1) is 14.4. The summed E-state index contributed by atoms with van der Waals surface area (Å²) in [5.74, 6) is -0.269. The zero-order chi connectivity index (χ0) is 15.2. The van der Waals surface area contributed by atoms with Crippen molar-refractivity contribution >= 4 is 5.97 Å². The Labute approximate surface area is 122 Å². The molecule has 21 heavy (non-hydrogen) atoms. The van der Waals surface area contributed by atoms with Crippen molar-refractivity contribution in [3.05, 3.63) is 59.2 Å². The van der Waals surface area contributed by atoms with Crippen LogP contribution in [0.1, 0.15) is 21.5 Å². The molecule has 0 aliphatic heterocycles. The second-order valence-electron chi connectivity index (χ2n) is 4.23. The number of rotatable bonds is 5. The number of benzene rings is 2. The van der Waals surface area contributed by atoms with E-state index in [2.05, 4.69) is 6.07 Å². The minimum atomic E-state index is -1.03. The van der Waals surface area contributed by atoms with E-state index in [-0.39, 0.29) is 12.2 Å². The molecule has 0 aliphatic carbocycles. The summed E-state index contributed by atoms with van der Waals surface area (Å²) in [5, 5.41) is 18.0. The van der Waals surface area contributed by atoms with Crippen LogP contribution in [0, 0.1) is 11.3 Å². The Morgan fingerprint density at radius 1 is 1.24 bits per heavy atom. The van der Waals surface area contributed by atoms with Crippen LogP contribution < -0.4 is 9.47 Å². The van der Waals surface area contributed by atoms with Gasteiger partial charge in [0.2, 0.25) is 0 Å². The van der Waals surface area contributed by atoms with Gasteiger partial charge in [0, 0.05) is 5.56 Å². The van der Waals surface area contributed by atoms with Gasteiger partial charge in [0.25, 0.3) is 0 Å². The molecule has 0 saturated heterocycles. The van der Waals surface area contributed by atoms with Crippen LogP contribution in [0.5, 0.6) is 11.5 Å². The number of carboxylic acids is 1. The average Bonchev–Trinajstić information content (AvgIpc) is 2.52. The van der Waals surface area contributed by atoms with Gasteiger partial charge in [0.1, 0.15) is 6.61 Å². The van der Waals surface area contributed by atoms with Gasteiger partial charge in [-0.05, 0) is 24.3 Å². The molecule has 0 bridgehead atoms. The molecule has 1 N–H and O–H groups in total. The molecule has 0 saturated carbocycles. The van der Waals surface area contributed by atoms with E-state index < -0.39 is 5.97 Å². The lowest BCUT2D eigenvalue weighted by molar-refractivity contribution is 0.0696. The third kappa shape index (κ3) is 3.31. The normalized spacial score (nSPS) is 9.71. The second-order valence-corrected chi connectivity index (χ2v) is 4.23. The predicted octanol–water partition coefficient (Wildman–Crippen LogP) is 2.84. The summed E-state index contributed by atoms with van der Waals surface area (Å²) in [6.45, 7) is 0.201. The van der Waals surface area contributed by atoms with Crippen molar-refractivity contribution in [2.24, 2.45) is 0 Å². The molecule has 0 unspecified atom stereocenters. The van der Waals surface area contributed by atoms with E-state index in [0.29, 0.717) is 17.1 Å². The number of ether oxygens (including phenoxy) is 2. The molecule has 2 aromatic carbocycles. The van der Waals surface area contributed by atoms with Crippen molar-refractivity contribution in [2.75, 3.05) is 7.11 Å². The van der Waals surface area contributed by atoms with Crippen molar-refractivity contribution < 1.29 is 19.4 Å². The van der Waals surface area contributed by atoms with Crippen LogP contribution >= 0.6 is 0 Å². The molecule has 2 rings (SSSR count). The van der Waals surface area contributed by atoms with Crippen LogP contribution in [-0.2, 0) is 6.61 Å². The first-order chi connectivity index (χ1) is 10.2. The summed E-state index contributed by atoms with van der Waals surface area (Å²) < 4.78 is 10.8. The number of hydrogen-bond acceptors (Lipinski definition) is 4. The predicted molar refractivity (Wildman–Crippen MR) is 75.4 cm³/mol. The number of nitrogens with zero attached hydrogens (tertiary/aromatic N) is 1. The molecule has 0 aromatic heterocycles. The van der Waals surface area contributed by atoms with Gasteiger partial charge >= 0.3 is 5.97 Å². The molecule has 5 heteroatoms. The van der Waals surface area contributed by atoms with E-state index in [9.17, 15) is 4.79 Å². The lowest BCUT2D eigenvalue weighted by atomic mass is 10.1. The van der Waals surface area contributed by atoms with Crippen molar-refractivity contribution in [1.29, 1.82) is 5.26 Å². The molecule has 106 valence electrons. The van der Waals surface area contributed by atoms with Crippen molar-refractivity contribution in [3.63, 3.8) is 0 Å². The number of nitriles is 1. The number of hydrogen-bond donors (Lipinski definition) is 1. The second kappa shape index (κ2) is 6.44. The van der Waals surface area contributed by atoms with E-state index in [1.165, 1.54) is 25.3 Å². The van der Waals surface area contributed by atoms with E-state index >= 15 is 0 Å². The summed E-state index contributed by atoms with van der Waals surface area (Å²) in [5.41, 5.74) is 1.42. The molecule has 0 atom stereocenters. The van der Waals surface area contributed by atoms with Crippen LogP contribution in [0.15, 0.2) is 42.5 Å². The Kier molecular flexibility index (Phi) is 4.42. The molecule has 0 spiro atoms. The van der Waals surface area contributed by atoms with Gasteiger partial charge in [0.05, 0.1) is 24.3 Å². The molecule has 5 nitrogen and oxygen atoms in total. The van der Waals surface area contributed by atoms with Gasteiger partial charge in [-0.15, -0.1) is 0 Å². The monoisotopic (exact) mass is 283 g/mol. The molecule has 0 fully saturated rings. The van der Waals surface area contributed by atoms with Crippen molar-refractivity contribution in [3.8, 4) is 17.6 Å². The average molecular weight is 283 g/mol. The lowest BCUT2D eigenvalue weighted by Crippen LogP contribution is -2.02. The number of aromatic carboxylic acids is 1. The quantitative estimate of drug-likeness (QED) is 0.912. The summed E-state index contributed by atoms with van der Waals surface area (Å²) in [6, 6.07) is 13.6. The number of methoxy groups -OCH3 is 1. The van der Waals surface area contributed by atoms with Gasteiger partial charge < -0.3 is 14.6 Å². The van der Waals surface area contributed by atoms with Gasteiger partial charge in [0.15, 0.2) is 11.5 Å². The van der Waals surface area contributed by atoms with Crippen molar-refractivity contribution in [1.82, 2.24) is 0 Å². The van der Waals surface area contributed by atoms with Crippen LogP contribution in [-0.4, -0.2) is 18.2 Å². The molecule has 2 aromatic rings.